The van der Waals surface area contributed by atoms with Gasteiger partial charge in [-0.3, -0.25) is 14.5 Å². The first-order chi connectivity index (χ1) is 9.54. The standard InChI is InChI=1S/C16H21NO3/c1-10-8-11-13(19)14(20)16-5-3-7-17(16)6-2-4-15(11,16)12(18)9-10/h10,19H,2-9H2,1H3/t10-,15-,16+/m1/s1. The first-order valence-corrected chi connectivity index (χ1v) is 7.80. The molecule has 4 heteroatoms. The van der Waals surface area contributed by atoms with Crippen molar-refractivity contribution in [2.24, 2.45) is 11.3 Å². The second-order valence-corrected chi connectivity index (χ2v) is 7.05. The van der Waals surface area contributed by atoms with Gasteiger partial charge in [-0.25, -0.2) is 0 Å². The van der Waals surface area contributed by atoms with Crippen LogP contribution in [0.3, 0.4) is 0 Å². The summed E-state index contributed by atoms with van der Waals surface area (Å²) in [4.78, 5) is 28.0. The lowest BCUT2D eigenvalue weighted by molar-refractivity contribution is -0.150. The van der Waals surface area contributed by atoms with Crippen molar-refractivity contribution in [2.45, 2.75) is 51.0 Å². The van der Waals surface area contributed by atoms with Gasteiger partial charge in [0.2, 0.25) is 5.78 Å². The minimum absolute atomic E-state index is 0.0706. The Morgan fingerprint density at radius 2 is 1.85 bits per heavy atom. The van der Waals surface area contributed by atoms with E-state index >= 15 is 0 Å². The van der Waals surface area contributed by atoms with E-state index in [1.165, 1.54) is 0 Å². The Hall–Kier alpha value is -1.16. The third-order valence-electron chi connectivity index (χ3n) is 6.15. The topological polar surface area (TPSA) is 57.6 Å². The zero-order chi connectivity index (χ0) is 14.1. The van der Waals surface area contributed by atoms with Crippen LogP contribution < -0.4 is 0 Å². The molecule has 2 heterocycles. The summed E-state index contributed by atoms with van der Waals surface area (Å²) >= 11 is 0. The Kier molecular flexibility index (Phi) is 2.34. The van der Waals surface area contributed by atoms with Crippen molar-refractivity contribution >= 4 is 11.6 Å². The zero-order valence-electron chi connectivity index (χ0n) is 11.9. The second-order valence-electron chi connectivity index (χ2n) is 7.05. The first kappa shape index (κ1) is 12.6. The molecule has 4 rings (SSSR count). The van der Waals surface area contributed by atoms with E-state index in [1.54, 1.807) is 0 Å². The maximum absolute atomic E-state index is 12.9. The molecule has 3 atom stereocenters. The van der Waals surface area contributed by atoms with Crippen molar-refractivity contribution in [3.8, 4) is 0 Å². The fraction of sp³-hybridized carbons (Fsp3) is 0.750. The number of nitrogens with zero attached hydrogens (tertiary/aromatic N) is 1. The molecule has 4 nitrogen and oxygen atoms in total. The maximum atomic E-state index is 12.9. The van der Waals surface area contributed by atoms with Gasteiger partial charge in [-0.05, 0) is 56.7 Å². The quantitative estimate of drug-likeness (QED) is 0.734. The molecule has 0 radical (unpaired) electrons. The molecule has 3 fully saturated rings. The van der Waals surface area contributed by atoms with Gasteiger partial charge in [-0.1, -0.05) is 6.92 Å². The number of hydrogen-bond acceptors (Lipinski definition) is 4. The molecule has 0 bridgehead atoms. The maximum Gasteiger partial charge on any atom is 0.218 e. The van der Waals surface area contributed by atoms with Crippen molar-refractivity contribution in [3.05, 3.63) is 11.3 Å². The highest BCUT2D eigenvalue weighted by atomic mass is 16.3. The molecule has 0 unspecified atom stereocenters. The number of Topliss-reactive ketones (excluding diaryl/α,β-unsaturated/α-hetero) is 2. The van der Waals surface area contributed by atoms with E-state index in [4.69, 9.17) is 0 Å². The van der Waals surface area contributed by atoms with Crippen LogP contribution in [0.4, 0.5) is 0 Å². The number of carbonyl (C=O) groups excluding carboxylic acids is 2. The summed E-state index contributed by atoms with van der Waals surface area (Å²) in [6.07, 6.45) is 4.65. The van der Waals surface area contributed by atoms with Gasteiger partial charge in [0, 0.05) is 6.42 Å². The monoisotopic (exact) mass is 275 g/mol. The van der Waals surface area contributed by atoms with Crippen LogP contribution in [0.15, 0.2) is 11.3 Å². The molecular formula is C16H21NO3. The van der Waals surface area contributed by atoms with Crippen molar-refractivity contribution in [2.75, 3.05) is 13.1 Å². The summed E-state index contributed by atoms with van der Waals surface area (Å²) in [5.41, 5.74) is -0.630. The molecule has 4 aliphatic rings. The van der Waals surface area contributed by atoms with Gasteiger partial charge in [0.15, 0.2) is 5.76 Å². The average Bonchev–Trinajstić information content (AvgIpc) is 2.93. The third-order valence-corrected chi connectivity index (χ3v) is 6.15. The summed E-state index contributed by atoms with van der Waals surface area (Å²) in [7, 11) is 0. The lowest BCUT2D eigenvalue weighted by Gasteiger charge is -2.53. The number of piperidine rings is 1. The average molecular weight is 275 g/mol. The van der Waals surface area contributed by atoms with Gasteiger partial charge in [0.05, 0.1) is 5.41 Å². The molecule has 0 amide bonds. The van der Waals surface area contributed by atoms with Crippen LogP contribution in [0, 0.1) is 11.3 Å². The van der Waals surface area contributed by atoms with E-state index in [9.17, 15) is 14.7 Å². The number of aliphatic hydroxyl groups is 1. The van der Waals surface area contributed by atoms with E-state index < -0.39 is 11.0 Å². The minimum atomic E-state index is -0.720. The molecule has 1 N–H and O–H groups in total. The molecule has 2 saturated heterocycles. The van der Waals surface area contributed by atoms with Crippen molar-refractivity contribution in [1.29, 1.82) is 0 Å². The number of ketones is 2. The van der Waals surface area contributed by atoms with E-state index in [0.29, 0.717) is 12.8 Å². The van der Waals surface area contributed by atoms with Crippen LogP contribution in [-0.4, -0.2) is 40.2 Å². The highest BCUT2D eigenvalue weighted by Crippen LogP contribution is 2.63. The summed E-state index contributed by atoms with van der Waals surface area (Å²) < 4.78 is 0. The third kappa shape index (κ3) is 1.10. The number of carbonyl (C=O) groups is 2. The highest BCUT2D eigenvalue weighted by molar-refractivity contribution is 6.13. The zero-order valence-corrected chi connectivity index (χ0v) is 11.9. The number of aliphatic hydroxyl groups excluding tert-OH is 1. The molecule has 0 aromatic rings. The molecular weight excluding hydrogens is 254 g/mol. The fourth-order valence-electron chi connectivity index (χ4n) is 5.51. The Bertz CT molecular complexity index is 552. The molecule has 2 aliphatic carbocycles. The van der Waals surface area contributed by atoms with Crippen LogP contribution >= 0.6 is 0 Å². The van der Waals surface area contributed by atoms with Gasteiger partial charge >= 0.3 is 0 Å². The second kappa shape index (κ2) is 3.73. The largest absolute Gasteiger partial charge is 0.504 e. The fourth-order valence-corrected chi connectivity index (χ4v) is 5.51. The summed E-state index contributed by atoms with van der Waals surface area (Å²) in [6.45, 7) is 3.81. The van der Waals surface area contributed by atoms with E-state index in [1.807, 2.05) is 6.92 Å². The molecule has 108 valence electrons. The Balaban J connectivity index is 1.97. The molecule has 1 saturated carbocycles. The van der Waals surface area contributed by atoms with Crippen molar-refractivity contribution < 1.29 is 14.7 Å². The Morgan fingerprint density at radius 3 is 2.60 bits per heavy atom. The Morgan fingerprint density at radius 1 is 1.15 bits per heavy atom. The van der Waals surface area contributed by atoms with E-state index in [2.05, 4.69) is 4.90 Å². The van der Waals surface area contributed by atoms with Crippen molar-refractivity contribution in [1.82, 2.24) is 4.90 Å². The lowest BCUT2D eigenvalue weighted by Crippen LogP contribution is -2.66. The first-order valence-electron chi connectivity index (χ1n) is 7.80. The summed E-state index contributed by atoms with van der Waals surface area (Å²) in [6, 6.07) is 0. The smallest absolute Gasteiger partial charge is 0.218 e. The van der Waals surface area contributed by atoms with E-state index in [-0.39, 0.29) is 23.2 Å². The molecule has 2 aliphatic heterocycles. The van der Waals surface area contributed by atoms with Crippen LogP contribution in [0.5, 0.6) is 0 Å². The summed E-state index contributed by atoms with van der Waals surface area (Å²) in [5.74, 6) is 0.214. The van der Waals surface area contributed by atoms with Gasteiger partial charge < -0.3 is 5.11 Å². The minimum Gasteiger partial charge on any atom is -0.504 e. The SMILES string of the molecule is C[C@H]1CC(=O)[C@]23CCCN4CCC[C@@]42C(=O)C(O)=C3C1. The molecule has 0 aromatic carbocycles. The molecule has 20 heavy (non-hydrogen) atoms. The highest BCUT2D eigenvalue weighted by Gasteiger charge is 2.72. The normalized spacial score (nSPS) is 44.5. The van der Waals surface area contributed by atoms with Gasteiger partial charge in [0.1, 0.15) is 11.3 Å². The number of hydrogen-bond donors (Lipinski definition) is 1. The molecule has 0 aromatic heterocycles. The predicted octanol–water partition coefficient (Wildman–Crippen LogP) is 2.00. The predicted molar refractivity (Wildman–Crippen MR) is 73.3 cm³/mol. The lowest BCUT2D eigenvalue weighted by atomic mass is 9.55. The van der Waals surface area contributed by atoms with Crippen LogP contribution in [0.2, 0.25) is 0 Å². The van der Waals surface area contributed by atoms with Gasteiger partial charge in [-0.2, -0.15) is 0 Å². The molecule has 2 spiro atoms. The summed E-state index contributed by atoms with van der Waals surface area (Å²) in [5, 5.41) is 10.4. The van der Waals surface area contributed by atoms with Crippen molar-refractivity contribution in [3.63, 3.8) is 0 Å². The Labute approximate surface area is 118 Å². The van der Waals surface area contributed by atoms with Gasteiger partial charge in [0.25, 0.3) is 0 Å². The van der Waals surface area contributed by atoms with E-state index in [0.717, 1.165) is 44.3 Å². The number of rotatable bonds is 0. The van der Waals surface area contributed by atoms with Crippen LogP contribution in [0.1, 0.15) is 45.4 Å². The van der Waals surface area contributed by atoms with Crippen LogP contribution in [0.25, 0.3) is 0 Å². The van der Waals surface area contributed by atoms with Crippen LogP contribution in [-0.2, 0) is 9.59 Å². The van der Waals surface area contributed by atoms with Gasteiger partial charge in [-0.15, -0.1) is 0 Å².